The Morgan fingerprint density at radius 1 is 1.04 bits per heavy atom. The molecule has 0 atom stereocenters. The zero-order chi connectivity index (χ0) is 18.8. The van der Waals surface area contributed by atoms with Crippen LogP contribution in [0, 0.1) is 5.92 Å². The highest BCUT2D eigenvalue weighted by Crippen LogP contribution is 2.20. The number of carbonyl (C=O) groups excluding carboxylic acids is 2. The Labute approximate surface area is 157 Å². The van der Waals surface area contributed by atoms with Crippen LogP contribution in [-0.4, -0.2) is 39.2 Å². The van der Waals surface area contributed by atoms with Crippen LogP contribution < -0.4 is 5.32 Å². The fraction of sp³-hybridized carbons (Fsp3) is 0.286. The molecule has 0 spiro atoms. The lowest BCUT2D eigenvalue weighted by Crippen LogP contribution is -2.38. The lowest BCUT2D eigenvalue weighted by atomic mass is 9.99. The van der Waals surface area contributed by atoms with Crippen molar-refractivity contribution >= 4 is 23.0 Å². The number of fused-ring (bicyclic) bond motifs is 1. The van der Waals surface area contributed by atoms with Crippen LogP contribution >= 0.6 is 0 Å². The first-order valence-electron chi connectivity index (χ1n) is 9.26. The molecular formula is C21H22N4O2. The number of aromatic nitrogens is 2. The van der Waals surface area contributed by atoms with Gasteiger partial charge in [-0.2, -0.15) is 0 Å². The first-order chi connectivity index (χ1) is 13.1. The van der Waals surface area contributed by atoms with Gasteiger partial charge in [0.15, 0.2) is 5.69 Å². The fourth-order valence-corrected chi connectivity index (χ4v) is 3.42. The van der Waals surface area contributed by atoms with Gasteiger partial charge in [-0.15, -0.1) is 0 Å². The number of rotatable bonds is 3. The predicted octanol–water partition coefficient (Wildman–Crippen LogP) is 3.46. The third-order valence-electron chi connectivity index (χ3n) is 5.06. The highest BCUT2D eigenvalue weighted by molar-refractivity contribution is 6.08. The van der Waals surface area contributed by atoms with Gasteiger partial charge in [-0.3, -0.25) is 14.0 Å². The fourth-order valence-electron chi connectivity index (χ4n) is 3.42. The lowest BCUT2D eigenvalue weighted by Gasteiger charge is -2.29. The number of imidazole rings is 1. The van der Waals surface area contributed by atoms with E-state index in [1.807, 2.05) is 53.4 Å². The minimum atomic E-state index is -0.323. The minimum Gasteiger partial charge on any atom is -0.336 e. The molecule has 0 unspecified atom stereocenters. The molecule has 1 saturated heterocycles. The molecule has 0 radical (unpaired) electrons. The number of pyridine rings is 1. The maximum absolute atomic E-state index is 13.0. The minimum absolute atomic E-state index is 0.123. The number of nitrogens with zero attached hydrogens (tertiary/aromatic N) is 3. The van der Waals surface area contributed by atoms with E-state index in [4.69, 9.17) is 0 Å². The van der Waals surface area contributed by atoms with Crippen LogP contribution in [0.2, 0.25) is 0 Å². The smallest absolute Gasteiger partial charge is 0.290 e. The van der Waals surface area contributed by atoms with Gasteiger partial charge in [0.05, 0.1) is 5.52 Å². The summed E-state index contributed by atoms with van der Waals surface area (Å²) < 4.78 is 1.71. The third kappa shape index (κ3) is 3.43. The monoisotopic (exact) mass is 362 g/mol. The second-order valence-electron chi connectivity index (χ2n) is 7.03. The van der Waals surface area contributed by atoms with Crippen molar-refractivity contribution in [3.05, 3.63) is 66.2 Å². The van der Waals surface area contributed by atoms with E-state index in [1.165, 1.54) is 0 Å². The molecule has 0 bridgehead atoms. The summed E-state index contributed by atoms with van der Waals surface area (Å²) in [5, 5.41) is 2.85. The first kappa shape index (κ1) is 17.3. The maximum atomic E-state index is 13.0. The predicted molar refractivity (Wildman–Crippen MR) is 104 cm³/mol. The van der Waals surface area contributed by atoms with E-state index in [1.54, 1.807) is 10.6 Å². The van der Waals surface area contributed by atoms with Crippen molar-refractivity contribution in [3.8, 4) is 0 Å². The molecule has 2 aromatic heterocycles. The number of amides is 2. The summed E-state index contributed by atoms with van der Waals surface area (Å²) in [5.41, 5.74) is 1.57. The van der Waals surface area contributed by atoms with Crippen molar-refractivity contribution in [1.82, 2.24) is 14.3 Å². The Kier molecular flexibility index (Phi) is 4.62. The van der Waals surface area contributed by atoms with Crippen LogP contribution in [-0.2, 0) is 0 Å². The van der Waals surface area contributed by atoms with Gasteiger partial charge < -0.3 is 10.2 Å². The van der Waals surface area contributed by atoms with Crippen molar-refractivity contribution < 1.29 is 9.59 Å². The zero-order valence-corrected chi connectivity index (χ0v) is 15.3. The third-order valence-corrected chi connectivity index (χ3v) is 5.06. The van der Waals surface area contributed by atoms with Crippen LogP contribution in [0.5, 0.6) is 0 Å². The molecule has 1 N–H and O–H groups in total. The van der Waals surface area contributed by atoms with E-state index in [0.717, 1.165) is 25.9 Å². The van der Waals surface area contributed by atoms with Crippen molar-refractivity contribution in [3.63, 3.8) is 0 Å². The average molecular weight is 362 g/mol. The molecule has 2 amide bonds. The Bertz CT molecular complexity index is 972. The molecule has 6 heteroatoms. The molecule has 3 heterocycles. The highest BCUT2D eigenvalue weighted by Gasteiger charge is 2.27. The van der Waals surface area contributed by atoms with E-state index in [2.05, 4.69) is 17.2 Å². The number of hydrogen-bond acceptors (Lipinski definition) is 3. The van der Waals surface area contributed by atoms with E-state index >= 15 is 0 Å². The average Bonchev–Trinajstić information content (AvgIpc) is 3.09. The van der Waals surface area contributed by atoms with Gasteiger partial charge in [-0.25, -0.2) is 4.98 Å². The normalized spacial score (nSPS) is 15.1. The number of piperidine rings is 1. The Balaban J connectivity index is 1.67. The molecule has 1 aliphatic rings. The van der Waals surface area contributed by atoms with Gasteiger partial charge in [0.1, 0.15) is 0 Å². The standard InChI is InChI=1S/C21H22N4O2/c1-15-10-13-24(14-11-15)21(27)19-23-18(17-9-5-6-12-25(17)19)20(26)22-16-7-3-2-4-8-16/h2-9,12,15H,10-11,13-14H2,1H3,(H,22,26). The van der Waals surface area contributed by atoms with E-state index in [0.29, 0.717) is 22.9 Å². The summed E-state index contributed by atoms with van der Waals surface area (Å²) in [6, 6.07) is 14.7. The van der Waals surface area contributed by atoms with Crippen molar-refractivity contribution in [2.45, 2.75) is 19.8 Å². The Morgan fingerprint density at radius 2 is 1.74 bits per heavy atom. The van der Waals surface area contributed by atoms with Gasteiger partial charge in [0.2, 0.25) is 5.82 Å². The van der Waals surface area contributed by atoms with Gasteiger partial charge >= 0.3 is 0 Å². The summed E-state index contributed by atoms with van der Waals surface area (Å²) in [5.74, 6) is 0.481. The van der Waals surface area contributed by atoms with Crippen molar-refractivity contribution in [2.24, 2.45) is 5.92 Å². The zero-order valence-electron chi connectivity index (χ0n) is 15.3. The SMILES string of the molecule is CC1CCN(C(=O)c2nc(C(=O)Nc3ccccc3)c3ccccn23)CC1. The summed E-state index contributed by atoms with van der Waals surface area (Å²) in [7, 11) is 0. The summed E-state index contributed by atoms with van der Waals surface area (Å²) in [6.45, 7) is 3.67. The van der Waals surface area contributed by atoms with E-state index in [-0.39, 0.29) is 17.5 Å². The molecule has 4 rings (SSSR count). The molecule has 138 valence electrons. The molecule has 27 heavy (non-hydrogen) atoms. The molecule has 1 fully saturated rings. The maximum Gasteiger partial charge on any atom is 0.290 e. The van der Waals surface area contributed by atoms with Gasteiger partial charge in [-0.1, -0.05) is 31.2 Å². The molecular weight excluding hydrogens is 340 g/mol. The van der Waals surface area contributed by atoms with E-state index < -0.39 is 0 Å². The van der Waals surface area contributed by atoms with E-state index in [9.17, 15) is 9.59 Å². The molecule has 1 aliphatic heterocycles. The van der Waals surface area contributed by atoms with Crippen LogP contribution in [0.15, 0.2) is 54.7 Å². The number of para-hydroxylation sites is 1. The van der Waals surface area contributed by atoms with Crippen LogP contribution in [0.3, 0.4) is 0 Å². The van der Waals surface area contributed by atoms with Crippen LogP contribution in [0.25, 0.3) is 5.52 Å². The number of carbonyl (C=O) groups is 2. The summed E-state index contributed by atoms with van der Waals surface area (Å²) >= 11 is 0. The number of likely N-dealkylation sites (tertiary alicyclic amines) is 1. The van der Waals surface area contributed by atoms with Crippen LogP contribution in [0.4, 0.5) is 5.69 Å². The van der Waals surface area contributed by atoms with Crippen molar-refractivity contribution in [2.75, 3.05) is 18.4 Å². The number of nitrogens with one attached hydrogen (secondary N) is 1. The van der Waals surface area contributed by atoms with Crippen LogP contribution in [0.1, 0.15) is 40.9 Å². The molecule has 3 aromatic rings. The Hall–Kier alpha value is -3.15. The largest absolute Gasteiger partial charge is 0.336 e. The number of benzene rings is 1. The number of hydrogen-bond donors (Lipinski definition) is 1. The highest BCUT2D eigenvalue weighted by atomic mass is 16.2. The second-order valence-corrected chi connectivity index (χ2v) is 7.03. The second kappa shape index (κ2) is 7.23. The van der Waals surface area contributed by atoms with Gasteiger partial charge in [-0.05, 0) is 43.0 Å². The summed E-state index contributed by atoms with van der Waals surface area (Å²) in [4.78, 5) is 32.1. The lowest BCUT2D eigenvalue weighted by molar-refractivity contribution is 0.0684. The molecule has 0 aliphatic carbocycles. The first-order valence-corrected chi connectivity index (χ1v) is 9.26. The number of anilines is 1. The molecule has 1 aromatic carbocycles. The Morgan fingerprint density at radius 3 is 2.48 bits per heavy atom. The molecule has 0 saturated carbocycles. The topological polar surface area (TPSA) is 66.7 Å². The van der Waals surface area contributed by atoms with Gasteiger partial charge in [0, 0.05) is 25.0 Å². The van der Waals surface area contributed by atoms with Crippen molar-refractivity contribution in [1.29, 1.82) is 0 Å². The quantitative estimate of drug-likeness (QED) is 0.776. The van der Waals surface area contributed by atoms with Gasteiger partial charge in [0.25, 0.3) is 11.8 Å². The summed E-state index contributed by atoms with van der Waals surface area (Å²) in [6.07, 6.45) is 3.77. The molecule has 6 nitrogen and oxygen atoms in total.